The van der Waals surface area contributed by atoms with Crippen LogP contribution in [0.25, 0.3) is 0 Å². The van der Waals surface area contributed by atoms with Gasteiger partial charge in [-0.05, 0) is 42.7 Å². The molecule has 1 fully saturated rings. The molecule has 0 unspecified atom stereocenters. The average Bonchev–Trinajstić information content (AvgIpc) is 2.85. The molecule has 0 atom stereocenters. The third-order valence-electron chi connectivity index (χ3n) is 6.19. The van der Waals surface area contributed by atoms with Gasteiger partial charge in [-0.15, -0.1) is 11.8 Å². The van der Waals surface area contributed by atoms with Gasteiger partial charge in [-0.2, -0.15) is 4.31 Å². The number of thioether (sulfide) groups is 1. The molecule has 8 nitrogen and oxygen atoms in total. The quantitative estimate of drug-likeness (QED) is 0.657. The van der Waals surface area contributed by atoms with Gasteiger partial charge in [-0.1, -0.05) is 18.2 Å². The summed E-state index contributed by atoms with van der Waals surface area (Å²) in [5.74, 6) is -0.159. The van der Waals surface area contributed by atoms with Crippen LogP contribution in [-0.2, 0) is 30.8 Å². The number of morpholine rings is 1. The molecule has 0 N–H and O–H groups in total. The number of ether oxygens (including phenoxy) is 1. The van der Waals surface area contributed by atoms with E-state index >= 15 is 0 Å². The van der Waals surface area contributed by atoms with Gasteiger partial charge < -0.3 is 14.5 Å². The van der Waals surface area contributed by atoms with Gasteiger partial charge in [0.1, 0.15) is 6.54 Å². The van der Waals surface area contributed by atoms with E-state index in [0.717, 1.165) is 29.0 Å². The zero-order valence-electron chi connectivity index (χ0n) is 18.1. The lowest BCUT2D eigenvalue weighted by atomic mass is 10.0. The Morgan fingerprint density at radius 2 is 1.82 bits per heavy atom. The summed E-state index contributed by atoms with van der Waals surface area (Å²) < 4.78 is 33.0. The van der Waals surface area contributed by atoms with E-state index in [0.29, 0.717) is 38.5 Å². The van der Waals surface area contributed by atoms with Gasteiger partial charge in [0.2, 0.25) is 21.8 Å². The van der Waals surface area contributed by atoms with Crippen molar-refractivity contribution in [2.75, 3.05) is 54.9 Å². The zero-order valence-corrected chi connectivity index (χ0v) is 19.7. The van der Waals surface area contributed by atoms with Gasteiger partial charge in [0.25, 0.3) is 0 Å². The number of hydrogen-bond acceptors (Lipinski definition) is 6. The summed E-state index contributed by atoms with van der Waals surface area (Å²) in [5.41, 5.74) is 2.48. The highest BCUT2D eigenvalue weighted by Gasteiger charge is 2.33. The van der Waals surface area contributed by atoms with E-state index in [1.807, 2.05) is 24.3 Å². The van der Waals surface area contributed by atoms with Crippen LogP contribution in [0.5, 0.6) is 0 Å². The van der Waals surface area contributed by atoms with Crippen molar-refractivity contribution < 1.29 is 22.7 Å². The van der Waals surface area contributed by atoms with Crippen LogP contribution < -0.4 is 9.80 Å². The minimum atomic E-state index is -3.71. The second-order valence-electron chi connectivity index (χ2n) is 8.19. The Bertz CT molecular complexity index is 1190. The fraction of sp³-hybridized carbons (Fsp3) is 0.391. The minimum absolute atomic E-state index is 0.123. The molecule has 0 spiro atoms. The van der Waals surface area contributed by atoms with Crippen molar-refractivity contribution in [1.82, 2.24) is 4.31 Å². The van der Waals surface area contributed by atoms with Crippen molar-refractivity contribution in [3.8, 4) is 0 Å². The molecule has 1 saturated heterocycles. The summed E-state index contributed by atoms with van der Waals surface area (Å²) in [6.45, 7) is 1.78. The van der Waals surface area contributed by atoms with Gasteiger partial charge in [0.05, 0.1) is 29.5 Å². The Morgan fingerprint density at radius 1 is 1.03 bits per heavy atom. The Morgan fingerprint density at radius 3 is 2.64 bits per heavy atom. The van der Waals surface area contributed by atoms with Crippen LogP contribution >= 0.6 is 11.8 Å². The number of benzene rings is 2. The largest absolute Gasteiger partial charge is 0.379 e. The molecule has 0 aliphatic carbocycles. The second kappa shape index (κ2) is 9.09. The number of aryl methyl sites for hydroxylation is 1. The summed E-state index contributed by atoms with van der Waals surface area (Å²) in [4.78, 5) is 30.2. The molecule has 10 heteroatoms. The lowest BCUT2D eigenvalue weighted by molar-refractivity contribution is -0.121. The molecular weight excluding hydrogens is 462 g/mol. The first-order valence-corrected chi connectivity index (χ1v) is 13.4. The minimum Gasteiger partial charge on any atom is -0.379 e. The van der Waals surface area contributed by atoms with Crippen molar-refractivity contribution in [3.63, 3.8) is 0 Å². The van der Waals surface area contributed by atoms with Crippen LogP contribution in [-0.4, -0.2) is 69.7 Å². The summed E-state index contributed by atoms with van der Waals surface area (Å²) in [6.07, 6.45) is 1.79. The van der Waals surface area contributed by atoms with Crippen LogP contribution in [0.15, 0.2) is 52.3 Å². The van der Waals surface area contributed by atoms with E-state index in [2.05, 4.69) is 0 Å². The number of fused-ring (bicyclic) bond motifs is 2. The van der Waals surface area contributed by atoms with Crippen LogP contribution in [0.2, 0.25) is 0 Å². The standard InChI is InChI=1S/C23H25N3O5S2/c27-22(25-9-3-5-17-4-1-2-6-19(17)25)15-26-20-14-18(7-8-21(20)32-16-23(26)28)33(29,30)24-10-12-31-13-11-24/h1-2,4,6-8,14H,3,5,9-13,15-16H2. The first kappa shape index (κ1) is 22.4. The highest BCUT2D eigenvalue weighted by molar-refractivity contribution is 8.00. The lowest BCUT2D eigenvalue weighted by Crippen LogP contribution is -2.46. The average molecular weight is 488 g/mol. The van der Waals surface area contributed by atoms with Crippen molar-refractivity contribution >= 4 is 45.0 Å². The third-order valence-corrected chi connectivity index (χ3v) is 9.13. The summed E-state index contributed by atoms with van der Waals surface area (Å²) in [5, 5.41) is 0. The van der Waals surface area contributed by atoms with E-state index in [-0.39, 0.29) is 29.0 Å². The molecule has 5 rings (SSSR count). The van der Waals surface area contributed by atoms with E-state index < -0.39 is 10.0 Å². The third kappa shape index (κ3) is 4.28. The molecule has 2 amide bonds. The maximum atomic E-state index is 13.3. The molecule has 0 radical (unpaired) electrons. The van der Waals surface area contributed by atoms with Crippen molar-refractivity contribution in [2.24, 2.45) is 0 Å². The number of carbonyl (C=O) groups is 2. The van der Waals surface area contributed by atoms with Crippen LogP contribution in [0.1, 0.15) is 12.0 Å². The number of nitrogens with zero attached hydrogens (tertiary/aromatic N) is 3. The van der Waals surface area contributed by atoms with Crippen molar-refractivity contribution in [2.45, 2.75) is 22.6 Å². The molecule has 2 aromatic rings. The molecule has 3 aliphatic rings. The summed E-state index contributed by atoms with van der Waals surface area (Å²) in [7, 11) is -3.71. The van der Waals surface area contributed by atoms with Crippen LogP contribution in [0.4, 0.5) is 11.4 Å². The maximum absolute atomic E-state index is 13.3. The van der Waals surface area contributed by atoms with Gasteiger partial charge >= 0.3 is 0 Å². The van der Waals surface area contributed by atoms with E-state index in [1.54, 1.807) is 17.0 Å². The van der Waals surface area contributed by atoms with Gasteiger partial charge in [-0.25, -0.2) is 8.42 Å². The summed E-state index contributed by atoms with van der Waals surface area (Å²) >= 11 is 1.36. The zero-order chi connectivity index (χ0) is 23.0. The van der Waals surface area contributed by atoms with E-state index in [4.69, 9.17) is 4.74 Å². The smallest absolute Gasteiger partial charge is 0.247 e. The number of amides is 2. The Kier molecular flexibility index (Phi) is 6.17. The molecule has 174 valence electrons. The Labute approximate surface area is 197 Å². The van der Waals surface area contributed by atoms with E-state index in [1.165, 1.54) is 27.0 Å². The van der Waals surface area contributed by atoms with Crippen molar-refractivity contribution in [1.29, 1.82) is 0 Å². The van der Waals surface area contributed by atoms with Gasteiger partial charge in [0, 0.05) is 30.2 Å². The number of hydrogen-bond donors (Lipinski definition) is 0. The number of anilines is 2. The molecule has 0 aromatic heterocycles. The fourth-order valence-electron chi connectivity index (χ4n) is 4.47. The number of para-hydroxylation sites is 1. The maximum Gasteiger partial charge on any atom is 0.247 e. The number of carbonyl (C=O) groups excluding carboxylic acids is 2. The molecular formula is C23H25N3O5S2. The molecule has 3 aliphatic heterocycles. The van der Waals surface area contributed by atoms with E-state index in [9.17, 15) is 18.0 Å². The predicted octanol–water partition coefficient (Wildman–Crippen LogP) is 2.13. The predicted molar refractivity (Wildman–Crippen MR) is 126 cm³/mol. The number of sulfonamides is 1. The highest BCUT2D eigenvalue weighted by Crippen LogP contribution is 2.38. The van der Waals surface area contributed by atoms with Gasteiger partial charge in [0.15, 0.2) is 0 Å². The Hall–Kier alpha value is -2.40. The molecule has 33 heavy (non-hydrogen) atoms. The monoisotopic (exact) mass is 487 g/mol. The van der Waals surface area contributed by atoms with Gasteiger partial charge in [-0.3, -0.25) is 9.59 Å². The van der Waals surface area contributed by atoms with Crippen molar-refractivity contribution in [3.05, 3.63) is 48.0 Å². The molecule has 0 saturated carbocycles. The normalized spacial score (nSPS) is 19.2. The fourth-order valence-corrected chi connectivity index (χ4v) is 6.81. The second-order valence-corrected chi connectivity index (χ2v) is 11.1. The number of rotatable bonds is 4. The molecule has 3 heterocycles. The van der Waals surface area contributed by atoms with Crippen LogP contribution in [0, 0.1) is 0 Å². The molecule has 0 bridgehead atoms. The molecule has 2 aromatic carbocycles. The lowest BCUT2D eigenvalue weighted by Gasteiger charge is -2.34. The first-order chi connectivity index (χ1) is 15.9. The Balaban J connectivity index is 1.44. The topological polar surface area (TPSA) is 87.2 Å². The SMILES string of the molecule is O=C(CN1C(=O)CSc2ccc(S(=O)(=O)N3CCOCC3)cc21)N1CCCc2ccccc21. The van der Waals surface area contributed by atoms with Crippen LogP contribution in [0.3, 0.4) is 0 Å². The summed E-state index contributed by atoms with van der Waals surface area (Å²) in [6, 6.07) is 12.7. The highest BCUT2D eigenvalue weighted by atomic mass is 32.2. The first-order valence-electron chi connectivity index (χ1n) is 11.0.